The van der Waals surface area contributed by atoms with Crippen LogP contribution in [0.1, 0.15) is 0 Å². The van der Waals surface area contributed by atoms with Crippen molar-refractivity contribution in [2.24, 2.45) is 0 Å². The summed E-state index contributed by atoms with van der Waals surface area (Å²) in [5, 5.41) is 0. The summed E-state index contributed by atoms with van der Waals surface area (Å²) in [6.45, 7) is 2.83. The Morgan fingerprint density at radius 3 is 2.58 bits per heavy atom. The molecule has 1 aliphatic heterocycles. The Labute approximate surface area is 197 Å². The van der Waals surface area contributed by atoms with Gasteiger partial charge in [-0.3, -0.25) is 0 Å². The summed E-state index contributed by atoms with van der Waals surface area (Å²) < 4.78 is 20.8. The third-order valence-electron chi connectivity index (χ3n) is 5.25. The van der Waals surface area contributed by atoms with Crippen LogP contribution < -0.4 is 10.6 Å². The second-order valence-corrected chi connectivity index (χ2v) is 10.5. The fourth-order valence-electron chi connectivity index (χ4n) is 3.60. The van der Waals surface area contributed by atoms with Crippen LogP contribution in [0.2, 0.25) is 0 Å². The third-order valence-corrected chi connectivity index (χ3v) is 7.74. The fourth-order valence-corrected chi connectivity index (χ4v) is 5.55. The average molecular weight is 482 g/mol. The summed E-state index contributed by atoms with van der Waals surface area (Å²) in [6.07, 6.45) is 3.28. The molecule has 0 saturated carbocycles. The van der Waals surface area contributed by atoms with E-state index in [1.807, 2.05) is 24.3 Å². The largest absolute Gasteiger partial charge is 0.378 e. The Bertz CT molecular complexity index is 1320. The predicted octanol–water partition coefficient (Wildman–Crippen LogP) is 2.82. The summed E-state index contributed by atoms with van der Waals surface area (Å²) in [7, 11) is 2.39. The number of nitrogens with zero attached hydrogens (tertiary/aromatic N) is 6. The van der Waals surface area contributed by atoms with E-state index in [0.29, 0.717) is 24.6 Å². The lowest BCUT2D eigenvalue weighted by Crippen LogP contribution is -2.36. The van der Waals surface area contributed by atoms with Crippen LogP contribution in [0.3, 0.4) is 0 Å². The zero-order valence-electron chi connectivity index (χ0n) is 18.3. The minimum Gasteiger partial charge on any atom is -0.378 e. The lowest BCUT2D eigenvalue weighted by molar-refractivity contribution is 0.122. The van der Waals surface area contributed by atoms with Crippen LogP contribution in [-0.4, -0.2) is 68.8 Å². The van der Waals surface area contributed by atoms with Crippen molar-refractivity contribution in [3.8, 4) is 21.8 Å². The molecule has 170 valence electrons. The van der Waals surface area contributed by atoms with Crippen molar-refractivity contribution in [3.63, 3.8) is 0 Å². The first kappa shape index (κ1) is 21.8. The van der Waals surface area contributed by atoms with Gasteiger partial charge in [-0.1, -0.05) is 12.1 Å². The normalized spacial score (nSPS) is 15.3. The highest BCUT2D eigenvalue weighted by atomic mass is 32.2. The molecule has 2 N–H and O–H groups in total. The van der Waals surface area contributed by atoms with Crippen LogP contribution in [0.25, 0.3) is 32.0 Å². The second kappa shape index (κ2) is 9.10. The molecule has 5 rings (SSSR count). The molecule has 0 amide bonds. The van der Waals surface area contributed by atoms with Crippen LogP contribution in [0.15, 0.2) is 47.6 Å². The highest BCUT2D eigenvalue weighted by Crippen LogP contribution is 2.39. The molecule has 33 heavy (non-hydrogen) atoms. The fraction of sp³-hybridized carbons (Fsp3) is 0.273. The van der Waals surface area contributed by atoms with Gasteiger partial charge in [-0.25, -0.2) is 28.5 Å². The lowest BCUT2D eigenvalue weighted by atomic mass is 10.2. The number of benzene rings is 1. The number of aromatic nitrogens is 4. The topological polar surface area (TPSA) is 110 Å². The van der Waals surface area contributed by atoms with Crippen molar-refractivity contribution in [2.75, 3.05) is 51.0 Å². The Kier molecular flexibility index (Phi) is 6.02. The highest BCUT2D eigenvalue weighted by molar-refractivity contribution is 7.82. The van der Waals surface area contributed by atoms with Crippen LogP contribution in [0.4, 0.5) is 11.8 Å². The summed E-state index contributed by atoms with van der Waals surface area (Å²) >= 11 is 1.63. The van der Waals surface area contributed by atoms with Crippen molar-refractivity contribution >= 4 is 44.3 Å². The summed E-state index contributed by atoms with van der Waals surface area (Å²) in [5.41, 5.74) is 8.20. The summed E-state index contributed by atoms with van der Waals surface area (Å²) in [6, 6.07) is 9.87. The van der Waals surface area contributed by atoms with Gasteiger partial charge >= 0.3 is 0 Å². The van der Waals surface area contributed by atoms with Crippen LogP contribution >= 0.6 is 11.3 Å². The van der Waals surface area contributed by atoms with Crippen molar-refractivity contribution < 1.29 is 8.95 Å². The van der Waals surface area contributed by atoms with Crippen molar-refractivity contribution in [1.29, 1.82) is 0 Å². The standard InChI is InChI=1S/C22H23N7O2S2/c1-28(2)33(30)16-5-3-4-14(10-16)18-11-17-19(32-18)21(29-6-8-31-9-7-29)27-20(26-17)15-12-24-22(23)25-13-15/h3-5,10-13H,6-9H2,1-2H3,(H2,23,24,25). The molecule has 9 nitrogen and oxygen atoms in total. The number of morpholine rings is 1. The molecule has 0 radical (unpaired) electrons. The van der Waals surface area contributed by atoms with E-state index >= 15 is 0 Å². The molecule has 0 spiro atoms. The van der Waals surface area contributed by atoms with Gasteiger partial charge in [-0.15, -0.1) is 11.3 Å². The average Bonchev–Trinajstić information content (AvgIpc) is 3.28. The number of anilines is 2. The molecule has 4 heterocycles. The molecular formula is C22H23N7O2S2. The molecule has 0 bridgehead atoms. The van der Waals surface area contributed by atoms with Gasteiger partial charge in [0.2, 0.25) is 5.95 Å². The number of hydrogen-bond donors (Lipinski definition) is 1. The lowest BCUT2D eigenvalue weighted by Gasteiger charge is -2.28. The van der Waals surface area contributed by atoms with Gasteiger partial charge in [-0.2, -0.15) is 0 Å². The molecule has 1 saturated heterocycles. The minimum absolute atomic E-state index is 0.209. The van der Waals surface area contributed by atoms with Crippen molar-refractivity contribution in [1.82, 2.24) is 24.2 Å². The molecule has 1 aromatic carbocycles. The van der Waals surface area contributed by atoms with Gasteiger partial charge in [0.1, 0.15) is 11.0 Å². The molecule has 1 atom stereocenters. The highest BCUT2D eigenvalue weighted by Gasteiger charge is 2.21. The van der Waals surface area contributed by atoms with Crippen LogP contribution in [0.5, 0.6) is 0 Å². The van der Waals surface area contributed by atoms with E-state index in [-0.39, 0.29) is 5.95 Å². The molecule has 4 aromatic rings. The number of rotatable bonds is 5. The molecule has 11 heteroatoms. The van der Waals surface area contributed by atoms with Crippen LogP contribution in [-0.2, 0) is 15.7 Å². The molecule has 1 aliphatic rings. The molecule has 1 unspecified atom stereocenters. The first-order valence-corrected chi connectivity index (χ1v) is 12.3. The van der Waals surface area contributed by atoms with E-state index in [1.165, 1.54) is 0 Å². The molecule has 1 fully saturated rings. The van der Waals surface area contributed by atoms with E-state index < -0.39 is 11.0 Å². The zero-order chi connectivity index (χ0) is 22.9. The number of nitrogen functional groups attached to an aromatic ring is 1. The van der Waals surface area contributed by atoms with E-state index in [1.54, 1.807) is 42.1 Å². The number of fused-ring (bicyclic) bond motifs is 1. The monoisotopic (exact) mass is 481 g/mol. The molecule has 0 aliphatic carbocycles. The van der Waals surface area contributed by atoms with Gasteiger partial charge in [0.25, 0.3) is 0 Å². The number of thiophene rings is 1. The summed E-state index contributed by atoms with van der Waals surface area (Å²) in [5.74, 6) is 1.64. The quantitative estimate of drug-likeness (QED) is 0.463. The Hall–Kier alpha value is -2.99. The molecule has 3 aromatic heterocycles. The molecular weight excluding hydrogens is 458 g/mol. The van der Waals surface area contributed by atoms with Crippen molar-refractivity contribution in [3.05, 3.63) is 42.7 Å². The minimum atomic E-state index is -1.21. The third kappa shape index (κ3) is 4.44. The van der Waals surface area contributed by atoms with Gasteiger partial charge in [0.05, 0.1) is 33.9 Å². The first-order valence-electron chi connectivity index (χ1n) is 10.4. The van der Waals surface area contributed by atoms with E-state index in [4.69, 9.17) is 20.4 Å². The summed E-state index contributed by atoms with van der Waals surface area (Å²) in [4.78, 5) is 21.9. The van der Waals surface area contributed by atoms with Gasteiger partial charge in [0.15, 0.2) is 11.6 Å². The maximum atomic E-state index is 12.6. The number of nitrogens with two attached hydrogens (primary N) is 1. The van der Waals surface area contributed by atoms with E-state index in [0.717, 1.165) is 44.5 Å². The van der Waals surface area contributed by atoms with Gasteiger partial charge in [0, 0.05) is 30.4 Å². The Balaban J connectivity index is 1.64. The van der Waals surface area contributed by atoms with Gasteiger partial charge in [-0.05, 0) is 37.9 Å². The maximum absolute atomic E-state index is 12.6. The maximum Gasteiger partial charge on any atom is 0.219 e. The van der Waals surface area contributed by atoms with Crippen molar-refractivity contribution in [2.45, 2.75) is 4.90 Å². The van der Waals surface area contributed by atoms with E-state index in [2.05, 4.69) is 20.9 Å². The number of ether oxygens (including phenoxy) is 1. The zero-order valence-corrected chi connectivity index (χ0v) is 19.9. The second-order valence-electron chi connectivity index (χ2n) is 7.71. The first-order chi connectivity index (χ1) is 16.0. The predicted molar refractivity (Wildman–Crippen MR) is 131 cm³/mol. The Morgan fingerprint density at radius 2 is 1.85 bits per heavy atom. The van der Waals surface area contributed by atoms with Gasteiger partial charge < -0.3 is 15.4 Å². The smallest absolute Gasteiger partial charge is 0.219 e. The number of hydrogen-bond acceptors (Lipinski definition) is 9. The van der Waals surface area contributed by atoms with E-state index in [9.17, 15) is 4.21 Å². The SMILES string of the molecule is CN(C)S(=O)c1cccc(-c2cc3nc(-c4cnc(N)nc4)nc(N4CCOCC4)c3s2)c1. The van der Waals surface area contributed by atoms with Crippen LogP contribution in [0, 0.1) is 0 Å². The Morgan fingerprint density at radius 1 is 1.09 bits per heavy atom.